The maximum absolute atomic E-state index is 5.15. The van der Waals surface area contributed by atoms with Crippen LogP contribution in [-0.2, 0) is 0 Å². The molecular formula is C18H19N5O. The average molecular weight is 321 g/mol. The van der Waals surface area contributed by atoms with E-state index in [0.717, 1.165) is 22.7 Å². The molecule has 1 heterocycles. The molecule has 0 fully saturated rings. The number of hydrogen-bond acceptors (Lipinski definition) is 6. The molecule has 6 heteroatoms. The van der Waals surface area contributed by atoms with E-state index in [4.69, 9.17) is 4.74 Å². The molecule has 0 aliphatic carbocycles. The first-order chi connectivity index (χ1) is 11.6. The molecule has 2 aromatic carbocycles. The van der Waals surface area contributed by atoms with Crippen LogP contribution in [0.25, 0.3) is 0 Å². The van der Waals surface area contributed by atoms with Crippen molar-refractivity contribution in [1.29, 1.82) is 0 Å². The van der Waals surface area contributed by atoms with Gasteiger partial charge in [0.05, 0.1) is 13.3 Å². The Hall–Kier alpha value is -3.15. The highest BCUT2D eigenvalue weighted by atomic mass is 16.5. The second-order valence-electron chi connectivity index (χ2n) is 5.46. The monoisotopic (exact) mass is 321 g/mol. The van der Waals surface area contributed by atoms with Gasteiger partial charge in [-0.25, -0.2) is 0 Å². The molecule has 24 heavy (non-hydrogen) atoms. The highest BCUT2D eigenvalue weighted by Crippen LogP contribution is 2.21. The lowest BCUT2D eigenvalue weighted by Gasteiger charge is -2.10. The summed E-state index contributed by atoms with van der Waals surface area (Å²) in [6, 6.07) is 13.8. The Balaban J connectivity index is 1.75. The van der Waals surface area contributed by atoms with Gasteiger partial charge in [-0.2, -0.15) is 10.1 Å². The van der Waals surface area contributed by atoms with Gasteiger partial charge in [-0.05, 0) is 49.7 Å². The van der Waals surface area contributed by atoms with Gasteiger partial charge in [0.15, 0.2) is 5.82 Å². The first-order valence-electron chi connectivity index (χ1n) is 7.59. The predicted octanol–water partition coefficient (Wildman–Crippen LogP) is 3.98. The Kier molecular flexibility index (Phi) is 4.56. The minimum atomic E-state index is 0.445. The topological polar surface area (TPSA) is 72.0 Å². The Morgan fingerprint density at radius 2 is 1.75 bits per heavy atom. The van der Waals surface area contributed by atoms with Crippen molar-refractivity contribution < 1.29 is 4.74 Å². The van der Waals surface area contributed by atoms with E-state index in [1.54, 1.807) is 13.3 Å². The Morgan fingerprint density at radius 1 is 0.958 bits per heavy atom. The third-order valence-electron chi connectivity index (χ3n) is 3.55. The zero-order valence-corrected chi connectivity index (χ0v) is 13.9. The van der Waals surface area contributed by atoms with Crippen LogP contribution < -0.4 is 15.4 Å². The first kappa shape index (κ1) is 15.7. The number of nitrogens with zero attached hydrogens (tertiary/aromatic N) is 3. The smallest absolute Gasteiger partial charge is 0.249 e. The molecule has 0 amide bonds. The van der Waals surface area contributed by atoms with E-state index in [1.807, 2.05) is 43.3 Å². The van der Waals surface area contributed by atoms with Crippen LogP contribution in [0.3, 0.4) is 0 Å². The molecule has 0 saturated carbocycles. The zero-order chi connectivity index (χ0) is 16.9. The highest BCUT2D eigenvalue weighted by Gasteiger charge is 2.04. The highest BCUT2D eigenvalue weighted by molar-refractivity contribution is 5.61. The molecule has 122 valence electrons. The molecule has 0 radical (unpaired) electrons. The molecule has 1 aromatic heterocycles. The summed E-state index contributed by atoms with van der Waals surface area (Å²) < 4.78 is 5.15. The number of methoxy groups -OCH3 is 1. The molecular weight excluding hydrogens is 302 g/mol. The Morgan fingerprint density at radius 3 is 2.46 bits per heavy atom. The number of benzene rings is 2. The van der Waals surface area contributed by atoms with Crippen LogP contribution in [0.5, 0.6) is 5.75 Å². The lowest BCUT2D eigenvalue weighted by molar-refractivity contribution is 0.415. The van der Waals surface area contributed by atoms with Gasteiger partial charge in [0.2, 0.25) is 5.95 Å². The molecule has 0 aliphatic heterocycles. The predicted molar refractivity (Wildman–Crippen MR) is 95.3 cm³/mol. The second-order valence-corrected chi connectivity index (χ2v) is 5.46. The Labute approximate surface area is 140 Å². The summed E-state index contributed by atoms with van der Waals surface area (Å²) in [6.07, 6.45) is 1.58. The third-order valence-corrected chi connectivity index (χ3v) is 3.55. The number of ether oxygens (including phenoxy) is 1. The van der Waals surface area contributed by atoms with Crippen molar-refractivity contribution in [3.05, 3.63) is 59.8 Å². The average Bonchev–Trinajstić information content (AvgIpc) is 2.58. The van der Waals surface area contributed by atoms with Crippen molar-refractivity contribution in [3.63, 3.8) is 0 Å². The van der Waals surface area contributed by atoms with Crippen LogP contribution in [-0.4, -0.2) is 22.3 Å². The number of nitrogens with one attached hydrogen (secondary N) is 2. The fourth-order valence-electron chi connectivity index (χ4n) is 2.31. The largest absolute Gasteiger partial charge is 0.497 e. The molecule has 6 nitrogen and oxygen atoms in total. The van der Waals surface area contributed by atoms with E-state index in [9.17, 15) is 0 Å². The van der Waals surface area contributed by atoms with Crippen LogP contribution >= 0.6 is 0 Å². The lowest BCUT2D eigenvalue weighted by atomic mass is 10.1. The van der Waals surface area contributed by atoms with E-state index in [1.165, 1.54) is 5.56 Å². The molecule has 0 atom stereocenters. The van der Waals surface area contributed by atoms with Crippen molar-refractivity contribution >= 4 is 23.1 Å². The van der Waals surface area contributed by atoms with E-state index < -0.39 is 0 Å². The molecule has 0 unspecified atom stereocenters. The van der Waals surface area contributed by atoms with Crippen LogP contribution in [0.2, 0.25) is 0 Å². The van der Waals surface area contributed by atoms with E-state index >= 15 is 0 Å². The molecule has 0 aliphatic rings. The summed E-state index contributed by atoms with van der Waals surface area (Å²) in [5.74, 6) is 1.86. The second kappa shape index (κ2) is 6.95. The number of anilines is 4. The van der Waals surface area contributed by atoms with Crippen molar-refractivity contribution in [2.24, 2.45) is 0 Å². The maximum atomic E-state index is 5.15. The SMILES string of the molecule is COc1ccc(Nc2cnnc(Nc3ccc(C)cc3C)n2)cc1. The Bertz CT molecular complexity index is 833. The number of aryl methyl sites for hydroxylation is 2. The van der Waals surface area contributed by atoms with Crippen LogP contribution in [0.15, 0.2) is 48.7 Å². The van der Waals surface area contributed by atoms with Gasteiger partial charge in [0, 0.05) is 11.4 Å². The number of aromatic nitrogens is 3. The number of rotatable bonds is 5. The molecule has 0 saturated heterocycles. The summed E-state index contributed by atoms with van der Waals surface area (Å²) in [6.45, 7) is 4.11. The molecule has 0 bridgehead atoms. The standard InChI is InChI=1S/C18H19N5O/c1-12-4-9-16(13(2)10-12)21-18-22-17(11-19-23-18)20-14-5-7-15(24-3)8-6-14/h4-11H,1-3H3,(H2,20,21,22,23). The van der Waals surface area contributed by atoms with Gasteiger partial charge in [0.1, 0.15) is 5.75 Å². The maximum Gasteiger partial charge on any atom is 0.249 e. The van der Waals surface area contributed by atoms with Gasteiger partial charge in [-0.3, -0.25) is 0 Å². The summed E-state index contributed by atoms with van der Waals surface area (Å²) >= 11 is 0. The molecule has 2 N–H and O–H groups in total. The first-order valence-corrected chi connectivity index (χ1v) is 7.59. The van der Waals surface area contributed by atoms with Crippen molar-refractivity contribution in [2.45, 2.75) is 13.8 Å². The third kappa shape index (κ3) is 3.78. The van der Waals surface area contributed by atoms with Crippen LogP contribution in [0.1, 0.15) is 11.1 Å². The normalized spacial score (nSPS) is 10.3. The van der Waals surface area contributed by atoms with Crippen LogP contribution in [0.4, 0.5) is 23.1 Å². The fourth-order valence-corrected chi connectivity index (χ4v) is 2.31. The zero-order valence-electron chi connectivity index (χ0n) is 13.9. The minimum Gasteiger partial charge on any atom is -0.497 e. The van der Waals surface area contributed by atoms with Gasteiger partial charge in [-0.1, -0.05) is 17.7 Å². The van der Waals surface area contributed by atoms with Crippen LogP contribution in [0, 0.1) is 13.8 Å². The summed E-state index contributed by atoms with van der Waals surface area (Å²) in [7, 11) is 1.64. The number of hydrogen-bond donors (Lipinski definition) is 2. The summed E-state index contributed by atoms with van der Waals surface area (Å²) in [4.78, 5) is 4.44. The quantitative estimate of drug-likeness (QED) is 0.740. The van der Waals surface area contributed by atoms with Gasteiger partial charge >= 0.3 is 0 Å². The van der Waals surface area contributed by atoms with E-state index in [0.29, 0.717) is 11.8 Å². The van der Waals surface area contributed by atoms with E-state index in [2.05, 4.69) is 38.8 Å². The lowest BCUT2D eigenvalue weighted by Crippen LogP contribution is -2.03. The van der Waals surface area contributed by atoms with Crippen molar-refractivity contribution in [3.8, 4) is 5.75 Å². The fraction of sp³-hybridized carbons (Fsp3) is 0.167. The summed E-state index contributed by atoms with van der Waals surface area (Å²) in [5.41, 5.74) is 4.21. The van der Waals surface area contributed by atoms with Gasteiger partial charge in [-0.15, -0.1) is 5.10 Å². The summed E-state index contributed by atoms with van der Waals surface area (Å²) in [5, 5.41) is 14.4. The van der Waals surface area contributed by atoms with Gasteiger partial charge < -0.3 is 15.4 Å². The minimum absolute atomic E-state index is 0.445. The molecule has 3 rings (SSSR count). The molecule has 3 aromatic rings. The molecule has 0 spiro atoms. The van der Waals surface area contributed by atoms with Gasteiger partial charge in [0.25, 0.3) is 0 Å². The van der Waals surface area contributed by atoms with Crippen molar-refractivity contribution in [1.82, 2.24) is 15.2 Å². The van der Waals surface area contributed by atoms with Crippen molar-refractivity contribution in [2.75, 3.05) is 17.7 Å². The van der Waals surface area contributed by atoms with E-state index in [-0.39, 0.29) is 0 Å².